The molecule has 1 aromatic heterocycles. The van der Waals surface area contributed by atoms with Crippen molar-refractivity contribution >= 4 is 5.91 Å². The van der Waals surface area contributed by atoms with E-state index in [0.717, 1.165) is 37.8 Å². The molecule has 1 unspecified atom stereocenters. The van der Waals surface area contributed by atoms with Gasteiger partial charge >= 0.3 is 0 Å². The first-order valence-electron chi connectivity index (χ1n) is 7.18. The molecule has 0 aliphatic heterocycles. The molecular formula is C15H23N3O. The first-order chi connectivity index (χ1) is 9.22. The molecule has 19 heavy (non-hydrogen) atoms. The Morgan fingerprint density at radius 2 is 2.32 bits per heavy atom. The van der Waals surface area contributed by atoms with Gasteiger partial charge in [0.2, 0.25) is 5.91 Å². The van der Waals surface area contributed by atoms with Crippen LogP contribution in [0.25, 0.3) is 0 Å². The minimum Gasteiger partial charge on any atom is -0.332 e. The Morgan fingerprint density at radius 3 is 2.89 bits per heavy atom. The third-order valence-electron chi connectivity index (χ3n) is 3.52. The summed E-state index contributed by atoms with van der Waals surface area (Å²) in [5, 5.41) is 0. The number of pyridine rings is 1. The summed E-state index contributed by atoms with van der Waals surface area (Å²) in [6, 6.07) is 5.82. The van der Waals surface area contributed by atoms with Gasteiger partial charge in [-0.25, -0.2) is 0 Å². The minimum atomic E-state index is -0.357. The quantitative estimate of drug-likeness (QED) is 0.817. The van der Waals surface area contributed by atoms with Crippen LogP contribution in [-0.4, -0.2) is 27.9 Å². The predicted molar refractivity (Wildman–Crippen MR) is 75.3 cm³/mol. The van der Waals surface area contributed by atoms with Crippen molar-refractivity contribution in [2.24, 2.45) is 5.73 Å². The number of carbonyl (C=O) groups is 1. The number of hydrogen-bond donors (Lipinski definition) is 1. The summed E-state index contributed by atoms with van der Waals surface area (Å²) in [4.78, 5) is 18.6. The molecule has 1 heterocycles. The van der Waals surface area contributed by atoms with E-state index in [1.165, 1.54) is 0 Å². The number of carbonyl (C=O) groups excluding carboxylic acids is 1. The number of aromatic nitrogens is 1. The molecule has 4 nitrogen and oxygen atoms in total. The molecule has 1 fully saturated rings. The van der Waals surface area contributed by atoms with Crippen LogP contribution in [-0.2, 0) is 11.3 Å². The van der Waals surface area contributed by atoms with Crippen LogP contribution in [0.3, 0.4) is 0 Å². The molecular weight excluding hydrogens is 238 g/mol. The summed E-state index contributed by atoms with van der Waals surface area (Å²) in [7, 11) is 0. The SMILES string of the molecule is CCCCC(N)C(=O)N(Cc1ccccn1)C1CC1. The topological polar surface area (TPSA) is 59.2 Å². The Balaban J connectivity index is 1.97. The van der Waals surface area contributed by atoms with E-state index >= 15 is 0 Å². The maximum Gasteiger partial charge on any atom is 0.240 e. The third kappa shape index (κ3) is 4.03. The van der Waals surface area contributed by atoms with Gasteiger partial charge in [-0.2, -0.15) is 0 Å². The van der Waals surface area contributed by atoms with Crippen LogP contribution in [0.15, 0.2) is 24.4 Å². The summed E-state index contributed by atoms with van der Waals surface area (Å²) >= 11 is 0. The smallest absolute Gasteiger partial charge is 0.240 e. The van der Waals surface area contributed by atoms with E-state index in [4.69, 9.17) is 5.73 Å². The number of hydrogen-bond acceptors (Lipinski definition) is 3. The van der Waals surface area contributed by atoms with Crippen LogP contribution in [0.4, 0.5) is 0 Å². The van der Waals surface area contributed by atoms with Crippen LogP contribution in [0.5, 0.6) is 0 Å². The van der Waals surface area contributed by atoms with Gasteiger partial charge in [0.05, 0.1) is 18.3 Å². The highest BCUT2D eigenvalue weighted by molar-refractivity contribution is 5.82. The number of nitrogens with zero attached hydrogens (tertiary/aromatic N) is 2. The van der Waals surface area contributed by atoms with Crippen molar-refractivity contribution in [2.75, 3.05) is 0 Å². The lowest BCUT2D eigenvalue weighted by Gasteiger charge is -2.25. The van der Waals surface area contributed by atoms with E-state index in [-0.39, 0.29) is 11.9 Å². The van der Waals surface area contributed by atoms with Gasteiger partial charge in [-0.15, -0.1) is 0 Å². The van der Waals surface area contributed by atoms with Crippen LogP contribution >= 0.6 is 0 Å². The summed E-state index contributed by atoms with van der Waals surface area (Å²) in [5.41, 5.74) is 6.95. The van der Waals surface area contributed by atoms with Crippen LogP contribution in [0.2, 0.25) is 0 Å². The standard InChI is InChI=1S/C15H23N3O/c1-2-3-7-14(16)15(19)18(13-8-9-13)11-12-6-4-5-10-17-12/h4-6,10,13-14H,2-3,7-9,11,16H2,1H3. The highest BCUT2D eigenvalue weighted by Gasteiger charge is 2.34. The van der Waals surface area contributed by atoms with Crippen molar-refractivity contribution in [3.63, 3.8) is 0 Å². The van der Waals surface area contributed by atoms with Crippen molar-refractivity contribution in [3.05, 3.63) is 30.1 Å². The molecule has 2 N–H and O–H groups in total. The number of nitrogens with two attached hydrogens (primary N) is 1. The van der Waals surface area contributed by atoms with Crippen LogP contribution in [0.1, 0.15) is 44.7 Å². The molecule has 2 rings (SSSR count). The lowest BCUT2D eigenvalue weighted by atomic mass is 10.1. The summed E-state index contributed by atoms with van der Waals surface area (Å²) in [5.74, 6) is 0.0848. The number of amides is 1. The second-order valence-corrected chi connectivity index (χ2v) is 5.27. The van der Waals surface area contributed by atoms with Gasteiger partial charge in [-0.1, -0.05) is 25.8 Å². The number of rotatable bonds is 7. The van der Waals surface area contributed by atoms with E-state index in [1.807, 2.05) is 23.1 Å². The Hall–Kier alpha value is -1.42. The zero-order chi connectivity index (χ0) is 13.7. The molecule has 0 bridgehead atoms. The van der Waals surface area contributed by atoms with Crippen molar-refractivity contribution in [1.82, 2.24) is 9.88 Å². The highest BCUT2D eigenvalue weighted by atomic mass is 16.2. The van der Waals surface area contributed by atoms with Crippen molar-refractivity contribution < 1.29 is 4.79 Å². The Kier molecular flexibility index (Phi) is 4.91. The van der Waals surface area contributed by atoms with E-state index < -0.39 is 0 Å². The molecule has 0 aromatic carbocycles. The molecule has 1 amide bonds. The third-order valence-corrected chi connectivity index (χ3v) is 3.52. The van der Waals surface area contributed by atoms with Gasteiger partial charge < -0.3 is 10.6 Å². The predicted octanol–water partition coefficient (Wildman–Crippen LogP) is 2.09. The molecule has 1 aliphatic rings. The van der Waals surface area contributed by atoms with Crippen LogP contribution < -0.4 is 5.73 Å². The van der Waals surface area contributed by atoms with E-state index in [9.17, 15) is 4.79 Å². The molecule has 0 radical (unpaired) electrons. The molecule has 4 heteroatoms. The zero-order valence-corrected chi connectivity index (χ0v) is 11.6. The second kappa shape index (κ2) is 6.66. The minimum absolute atomic E-state index is 0.0848. The molecule has 1 aromatic rings. The van der Waals surface area contributed by atoms with Gasteiger partial charge in [-0.3, -0.25) is 9.78 Å². The normalized spacial score (nSPS) is 16.1. The maximum atomic E-state index is 12.4. The second-order valence-electron chi connectivity index (χ2n) is 5.27. The summed E-state index contributed by atoms with van der Waals surface area (Å²) < 4.78 is 0. The van der Waals surface area contributed by atoms with Crippen molar-refractivity contribution in [2.45, 2.75) is 57.7 Å². The molecule has 1 saturated carbocycles. The summed E-state index contributed by atoms with van der Waals surface area (Å²) in [6.07, 6.45) is 6.82. The van der Waals surface area contributed by atoms with E-state index in [2.05, 4.69) is 11.9 Å². The van der Waals surface area contributed by atoms with Gasteiger partial charge in [0, 0.05) is 12.2 Å². The van der Waals surface area contributed by atoms with Gasteiger partial charge in [0.1, 0.15) is 0 Å². The molecule has 104 valence electrons. The van der Waals surface area contributed by atoms with E-state index in [1.54, 1.807) is 6.20 Å². The van der Waals surface area contributed by atoms with Crippen LogP contribution in [0, 0.1) is 0 Å². The zero-order valence-electron chi connectivity index (χ0n) is 11.6. The Bertz CT molecular complexity index is 403. The molecule has 1 aliphatic carbocycles. The fourth-order valence-corrected chi connectivity index (χ4v) is 2.20. The Morgan fingerprint density at radius 1 is 1.53 bits per heavy atom. The average molecular weight is 261 g/mol. The summed E-state index contributed by atoms with van der Waals surface area (Å²) in [6.45, 7) is 2.70. The van der Waals surface area contributed by atoms with Gasteiger partial charge in [0.25, 0.3) is 0 Å². The monoisotopic (exact) mass is 261 g/mol. The Labute approximate surface area is 115 Å². The molecule has 0 spiro atoms. The first-order valence-corrected chi connectivity index (χ1v) is 7.18. The fourth-order valence-electron chi connectivity index (χ4n) is 2.20. The highest BCUT2D eigenvalue weighted by Crippen LogP contribution is 2.28. The first kappa shape index (κ1) is 14.0. The fraction of sp³-hybridized carbons (Fsp3) is 0.600. The molecule has 0 saturated heterocycles. The molecule has 1 atom stereocenters. The number of unbranched alkanes of at least 4 members (excludes halogenated alkanes) is 1. The van der Waals surface area contributed by atoms with Gasteiger partial charge in [0.15, 0.2) is 0 Å². The van der Waals surface area contributed by atoms with Crippen molar-refractivity contribution in [1.29, 1.82) is 0 Å². The largest absolute Gasteiger partial charge is 0.332 e. The maximum absolute atomic E-state index is 12.4. The van der Waals surface area contributed by atoms with Crippen molar-refractivity contribution in [3.8, 4) is 0 Å². The average Bonchev–Trinajstić information content (AvgIpc) is 3.27. The lowest BCUT2D eigenvalue weighted by molar-refractivity contribution is -0.134. The van der Waals surface area contributed by atoms with E-state index in [0.29, 0.717) is 12.6 Å². The van der Waals surface area contributed by atoms with Gasteiger partial charge in [-0.05, 0) is 31.4 Å². The lowest BCUT2D eigenvalue weighted by Crippen LogP contribution is -2.44.